The minimum absolute atomic E-state index is 0.0592. The van der Waals surface area contributed by atoms with E-state index < -0.39 is 24.2 Å². The Morgan fingerprint density at radius 1 is 1.76 bits per heavy atom. The van der Waals surface area contributed by atoms with Gasteiger partial charge in [0, 0.05) is 25.4 Å². The van der Waals surface area contributed by atoms with E-state index in [1.165, 1.54) is 13.1 Å². The molecule has 1 aromatic heterocycles. The van der Waals surface area contributed by atoms with E-state index >= 15 is 0 Å². The number of aryl methyl sites for hydroxylation is 1. The first-order chi connectivity index (χ1) is 7.85. The van der Waals surface area contributed by atoms with Crippen LogP contribution < -0.4 is 11.1 Å². The molecule has 0 saturated heterocycles. The molecule has 1 aromatic rings. The first kappa shape index (κ1) is 13.6. The number of carbonyl (C=O) groups is 1. The molecule has 17 heavy (non-hydrogen) atoms. The number of aliphatic hydroxyl groups is 2. The quantitative estimate of drug-likeness (QED) is 0.490. The highest BCUT2D eigenvalue weighted by molar-refractivity contribution is 5.82. The fourth-order valence-corrected chi connectivity index (χ4v) is 1.20. The maximum atomic E-state index is 11.6. The third-order valence-corrected chi connectivity index (χ3v) is 2.35. The predicted molar refractivity (Wildman–Crippen MR) is 60.9 cm³/mol. The first-order valence-electron chi connectivity index (χ1n) is 5.21. The highest BCUT2D eigenvalue weighted by atomic mass is 16.3. The normalized spacial score (nSPS) is 16.3. The van der Waals surface area contributed by atoms with E-state index in [0.717, 1.165) is 0 Å². The second-order valence-electron chi connectivity index (χ2n) is 4.30. The van der Waals surface area contributed by atoms with Crippen molar-refractivity contribution in [3.8, 4) is 0 Å². The van der Waals surface area contributed by atoms with Crippen molar-refractivity contribution in [1.82, 2.24) is 15.1 Å². The van der Waals surface area contributed by atoms with Gasteiger partial charge in [0.05, 0.1) is 12.8 Å². The average molecular weight is 242 g/mol. The molecule has 1 amide bonds. The van der Waals surface area contributed by atoms with Crippen LogP contribution in [0.4, 0.5) is 0 Å². The monoisotopic (exact) mass is 242 g/mol. The molecule has 0 bridgehead atoms. The summed E-state index contributed by atoms with van der Waals surface area (Å²) in [6.45, 7) is 0.925. The van der Waals surface area contributed by atoms with Crippen LogP contribution in [0.2, 0.25) is 0 Å². The molecule has 0 aliphatic heterocycles. The number of nitrogens with one attached hydrogen (secondary N) is 1. The number of hydrogen-bond acceptors (Lipinski definition) is 5. The summed E-state index contributed by atoms with van der Waals surface area (Å²) in [7, 11) is 1.73. The van der Waals surface area contributed by atoms with Crippen LogP contribution in [0.25, 0.3) is 0 Å². The van der Waals surface area contributed by atoms with E-state index in [0.29, 0.717) is 5.56 Å². The van der Waals surface area contributed by atoms with E-state index in [2.05, 4.69) is 10.4 Å². The average Bonchev–Trinajstić information content (AvgIpc) is 2.72. The highest BCUT2D eigenvalue weighted by Crippen LogP contribution is 2.08. The lowest BCUT2D eigenvalue weighted by Crippen LogP contribution is -2.45. The number of hydrogen-bond donors (Lipinski definition) is 4. The SMILES string of the molecule is Cn1cc(C(N)C(=O)NCC(C)(O)CO)cn1. The van der Waals surface area contributed by atoms with Crippen molar-refractivity contribution in [1.29, 1.82) is 0 Å². The maximum Gasteiger partial charge on any atom is 0.241 e. The number of nitrogens with zero attached hydrogens (tertiary/aromatic N) is 2. The minimum atomic E-state index is -1.34. The van der Waals surface area contributed by atoms with Crippen molar-refractivity contribution >= 4 is 5.91 Å². The Morgan fingerprint density at radius 2 is 2.41 bits per heavy atom. The fourth-order valence-electron chi connectivity index (χ4n) is 1.20. The van der Waals surface area contributed by atoms with Crippen molar-refractivity contribution in [3.63, 3.8) is 0 Å². The zero-order valence-electron chi connectivity index (χ0n) is 9.92. The summed E-state index contributed by atoms with van der Waals surface area (Å²) in [6, 6.07) is -0.835. The standard InChI is InChI=1S/C10H18N4O3/c1-10(17,6-15)5-12-9(16)8(11)7-3-13-14(2)4-7/h3-4,8,15,17H,5-6,11H2,1-2H3,(H,12,16). The molecule has 0 spiro atoms. The van der Waals surface area contributed by atoms with Gasteiger partial charge in [-0.15, -0.1) is 0 Å². The smallest absolute Gasteiger partial charge is 0.241 e. The Bertz CT molecular complexity index is 389. The Morgan fingerprint density at radius 3 is 2.88 bits per heavy atom. The molecular formula is C10H18N4O3. The number of rotatable bonds is 5. The summed E-state index contributed by atoms with van der Waals surface area (Å²) in [4.78, 5) is 11.6. The lowest BCUT2D eigenvalue weighted by molar-refractivity contribution is -0.124. The maximum absolute atomic E-state index is 11.6. The van der Waals surface area contributed by atoms with Crippen LogP contribution in [0.15, 0.2) is 12.4 Å². The van der Waals surface area contributed by atoms with Crippen molar-refractivity contribution in [2.45, 2.75) is 18.6 Å². The van der Waals surface area contributed by atoms with E-state index in [1.54, 1.807) is 17.9 Å². The molecule has 5 N–H and O–H groups in total. The van der Waals surface area contributed by atoms with Crippen LogP contribution >= 0.6 is 0 Å². The van der Waals surface area contributed by atoms with Gasteiger partial charge in [-0.3, -0.25) is 9.48 Å². The van der Waals surface area contributed by atoms with Gasteiger partial charge in [0.25, 0.3) is 0 Å². The number of amides is 1. The second kappa shape index (κ2) is 5.26. The lowest BCUT2D eigenvalue weighted by Gasteiger charge is -2.21. The van der Waals surface area contributed by atoms with Crippen LogP contribution in [0.3, 0.4) is 0 Å². The van der Waals surface area contributed by atoms with Crippen molar-refractivity contribution in [3.05, 3.63) is 18.0 Å². The van der Waals surface area contributed by atoms with Crippen LogP contribution in [0, 0.1) is 0 Å². The van der Waals surface area contributed by atoms with Crippen molar-refractivity contribution < 1.29 is 15.0 Å². The molecule has 0 fully saturated rings. The van der Waals surface area contributed by atoms with Crippen molar-refractivity contribution in [2.24, 2.45) is 12.8 Å². The predicted octanol–water partition coefficient (Wildman–Crippen LogP) is -1.72. The molecule has 0 radical (unpaired) electrons. The Hall–Kier alpha value is -1.44. The molecule has 0 aliphatic rings. The first-order valence-corrected chi connectivity index (χ1v) is 5.21. The summed E-state index contributed by atoms with van der Waals surface area (Å²) in [5.41, 5.74) is 4.96. The number of nitrogens with two attached hydrogens (primary N) is 1. The molecule has 0 saturated carbocycles. The largest absolute Gasteiger partial charge is 0.393 e. The minimum Gasteiger partial charge on any atom is -0.393 e. The van der Waals surface area contributed by atoms with E-state index in [1.807, 2.05) is 0 Å². The Kier molecular flexibility index (Phi) is 4.22. The number of carbonyl (C=O) groups excluding carboxylic acids is 1. The Balaban J connectivity index is 2.54. The fraction of sp³-hybridized carbons (Fsp3) is 0.600. The van der Waals surface area contributed by atoms with Crippen molar-refractivity contribution in [2.75, 3.05) is 13.2 Å². The summed E-state index contributed by atoms with van der Waals surface area (Å²) in [6.07, 6.45) is 3.16. The van der Waals surface area contributed by atoms with Gasteiger partial charge in [-0.05, 0) is 6.92 Å². The van der Waals surface area contributed by atoms with Crippen LogP contribution in [-0.2, 0) is 11.8 Å². The Labute approximate surface area is 99.2 Å². The molecule has 1 rings (SSSR count). The molecule has 0 aromatic carbocycles. The summed E-state index contributed by atoms with van der Waals surface area (Å²) in [5, 5.41) is 24.7. The van der Waals surface area contributed by atoms with Gasteiger partial charge in [0.15, 0.2) is 0 Å². The second-order valence-corrected chi connectivity index (χ2v) is 4.30. The van der Waals surface area contributed by atoms with Gasteiger partial charge in [-0.25, -0.2) is 0 Å². The molecule has 96 valence electrons. The van der Waals surface area contributed by atoms with Gasteiger partial charge in [0.2, 0.25) is 5.91 Å². The molecular weight excluding hydrogens is 224 g/mol. The third-order valence-electron chi connectivity index (χ3n) is 2.35. The van der Waals surface area contributed by atoms with E-state index in [4.69, 9.17) is 10.8 Å². The molecule has 0 aliphatic carbocycles. The molecule has 2 atom stereocenters. The molecule has 7 nitrogen and oxygen atoms in total. The lowest BCUT2D eigenvalue weighted by atomic mass is 10.1. The van der Waals surface area contributed by atoms with Gasteiger partial charge >= 0.3 is 0 Å². The highest BCUT2D eigenvalue weighted by Gasteiger charge is 2.23. The third kappa shape index (κ3) is 3.81. The zero-order valence-corrected chi connectivity index (χ0v) is 9.92. The van der Waals surface area contributed by atoms with E-state index in [-0.39, 0.29) is 6.54 Å². The zero-order chi connectivity index (χ0) is 13.1. The van der Waals surface area contributed by atoms with Crippen LogP contribution in [0.1, 0.15) is 18.5 Å². The van der Waals surface area contributed by atoms with Crippen LogP contribution in [0.5, 0.6) is 0 Å². The van der Waals surface area contributed by atoms with E-state index in [9.17, 15) is 9.90 Å². The molecule has 1 heterocycles. The number of aromatic nitrogens is 2. The summed E-state index contributed by atoms with van der Waals surface area (Å²) in [5.74, 6) is -0.424. The van der Waals surface area contributed by atoms with Crippen LogP contribution in [-0.4, -0.2) is 44.7 Å². The summed E-state index contributed by atoms with van der Waals surface area (Å²) >= 11 is 0. The van der Waals surface area contributed by atoms with Gasteiger partial charge < -0.3 is 21.3 Å². The molecule has 7 heteroatoms. The summed E-state index contributed by atoms with van der Waals surface area (Å²) < 4.78 is 1.55. The molecule has 2 unspecified atom stereocenters. The van der Waals surface area contributed by atoms with Gasteiger partial charge in [0.1, 0.15) is 11.6 Å². The number of aliphatic hydroxyl groups excluding tert-OH is 1. The topological polar surface area (TPSA) is 113 Å². The van der Waals surface area contributed by atoms with Gasteiger partial charge in [-0.1, -0.05) is 0 Å². The van der Waals surface area contributed by atoms with Gasteiger partial charge in [-0.2, -0.15) is 5.10 Å².